The highest BCUT2D eigenvalue weighted by Gasteiger charge is 2.35. The number of rotatable bonds is 4. The number of hydrogen-bond donors (Lipinski definition) is 1. The lowest BCUT2D eigenvalue weighted by Crippen LogP contribution is -2.28. The molecule has 1 aliphatic rings. The van der Waals surface area contributed by atoms with Gasteiger partial charge in [0.25, 0.3) is 0 Å². The van der Waals surface area contributed by atoms with Crippen LogP contribution in [0.15, 0.2) is 42.5 Å². The summed E-state index contributed by atoms with van der Waals surface area (Å²) in [5, 5.41) is 2.92. The van der Waals surface area contributed by atoms with E-state index < -0.39 is 5.92 Å². The fourth-order valence-electron chi connectivity index (χ4n) is 3.07. The summed E-state index contributed by atoms with van der Waals surface area (Å²) < 4.78 is 13.8. The maximum absolute atomic E-state index is 13.8. The first-order valence-electron chi connectivity index (χ1n) is 8.45. The molecule has 0 radical (unpaired) electrons. The number of nitrogens with zero attached hydrogens (tertiary/aromatic N) is 1. The second-order valence-electron chi connectivity index (χ2n) is 6.34. The fraction of sp³-hybridized carbons (Fsp3) is 0.300. The molecule has 1 saturated heterocycles. The first-order valence-corrected chi connectivity index (χ1v) is 8.45. The predicted molar refractivity (Wildman–Crippen MR) is 96.0 cm³/mol. The molecule has 130 valence electrons. The molecule has 2 amide bonds. The number of carbonyl (C=O) groups excluding carboxylic acids is 2. The number of hydrogen-bond acceptors (Lipinski definition) is 2. The number of carbonyl (C=O) groups is 2. The van der Waals surface area contributed by atoms with E-state index in [0.717, 1.165) is 17.7 Å². The van der Waals surface area contributed by atoms with E-state index in [2.05, 4.69) is 5.32 Å². The minimum absolute atomic E-state index is 0.135. The summed E-state index contributed by atoms with van der Waals surface area (Å²) in [5.41, 5.74) is 2.86. The number of benzene rings is 2. The minimum atomic E-state index is -0.443. The molecule has 2 aromatic carbocycles. The Hall–Kier alpha value is -2.69. The fourth-order valence-corrected chi connectivity index (χ4v) is 3.07. The van der Waals surface area contributed by atoms with Crippen LogP contribution in [0.1, 0.15) is 24.5 Å². The molecule has 1 atom stereocenters. The Kier molecular flexibility index (Phi) is 4.83. The first kappa shape index (κ1) is 17.1. The molecule has 0 bridgehead atoms. The zero-order chi connectivity index (χ0) is 18.0. The maximum Gasteiger partial charge on any atom is 0.229 e. The summed E-state index contributed by atoms with van der Waals surface area (Å²) in [6.07, 6.45) is 0.949. The van der Waals surface area contributed by atoms with E-state index >= 15 is 0 Å². The summed E-state index contributed by atoms with van der Waals surface area (Å²) in [6, 6.07) is 12.3. The molecule has 0 spiro atoms. The van der Waals surface area contributed by atoms with Crippen molar-refractivity contribution >= 4 is 23.2 Å². The number of amides is 2. The molecule has 1 fully saturated rings. The van der Waals surface area contributed by atoms with E-state index in [1.807, 2.05) is 31.2 Å². The second-order valence-corrected chi connectivity index (χ2v) is 6.34. The smallest absolute Gasteiger partial charge is 0.229 e. The lowest BCUT2D eigenvalue weighted by Gasteiger charge is -2.17. The molecule has 5 heteroatoms. The van der Waals surface area contributed by atoms with E-state index in [-0.39, 0.29) is 30.6 Å². The van der Waals surface area contributed by atoms with Crippen LogP contribution in [0.3, 0.4) is 0 Å². The molecule has 0 saturated carbocycles. The highest BCUT2D eigenvalue weighted by Crippen LogP contribution is 2.28. The van der Waals surface area contributed by atoms with Crippen molar-refractivity contribution in [3.63, 3.8) is 0 Å². The van der Waals surface area contributed by atoms with Crippen LogP contribution >= 0.6 is 0 Å². The Labute approximate surface area is 146 Å². The zero-order valence-electron chi connectivity index (χ0n) is 14.4. The third-order valence-electron chi connectivity index (χ3n) is 4.62. The van der Waals surface area contributed by atoms with Gasteiger partial charge in [0.15, 0.2) is 0 Å². The SMILES string of the molecule is CCc1ccccc1NC(=O)C1CC(=O)N(c2ccc(C)c(F)c2)C1. The van der Waals surface area contributed by atoms with Crippen molar-refractivity contribution in [2.24, 2.45) is 5.92 Å². The zero-order valence-corrected chi connectivity index (χ0v) is 14.4. The van der Waals surface area contributed by atoms with Crippen molar-refractivity contribution in [1.82, 2.24) is 0 Å². The van der Waals surface area contributed by atoms with Gasteiger partial charge in [-0.1, -0.05) is 31.2 Å². The van der Waals surface area contributed by atoms with Crippen molar-refractivity contribution in [2.45, 2.75) is 26.7 Å². The summed E-state index contributed by atoms with van der Waals surface area (Å²) in [7, 11) is 0. The van der Waals surface area contributed by atoms with Crippen LogP contribution in [0, 0.1) is 18.7 Å². The van der Waals surface area contributed by atoms with Gasteiger partial charge in [0.05, 0.1) is 5.92 Å². The summed E-state index contributed by atoms with van der Waals surface area (Å²) in [6.45, 7) is 3.96. The molecule has 1 heterocycles. The third-order valence-corrected chi connectivity index (χ3v) is 4.62. The van der Waals surface area contributed by atoms with E-state index in [1.54, 1.807) is 19.1 Å². The molecule has 1 N–H and O–H groups in total. The van der Waals surface area contributed by atoms with Crippen LogP contribution in [0.4, 0.5) is 15.8 Å². The molecule has 0 aliphatic carbocycles. The van der Waals surface area contributed by atoms with Gasteiger partial charge in [-0.25, -0.2) is 4.39 Å². The van der Waals surface area contributed by atoms with E-state index in [0.29, 0.717) is 11.3 Å². The van der Waals surface area contributed by atoms with Gasteiger partial charge in [-0.05, 0) is 42.7 Å². The average molecular weight is 340 g/mol. The van der Waals surface area contributed by atoms with Crippen LogP contribution in [-0.4, -0.2) is 18.4 Å². The van der Waals surface area contributed by atoms with Crippen LogP contribution < -0.4 is 10.2 Å². The molecule has 1 unspecified atom stereocenters. The molecule has 3 rings (SSSR count). The van der Waals surface area contributed by atoms with Crippen LogP contribution in [0.5, 0.6) is 0 Å². The molecular weight excluding hydrogens is 319 g/mol. The third kappa shape index (κ3) is 3.55. The maximum atomic E-state index is 13.8. The van der Waals surface area contributed by atoms with Crippen molar-refractivity contribution < 1.29 is 14.0 Å². The average Bonchev–Trinajstić information content (AvgIpc) is 3.00. The summed E-state index contributed by atoms with van der Waals surface area (Å²) >= 11 is 0. The van der Waals surface area contributed by atoms with Gasteiger partial charge in [0, 0.05) is 24.3 Å². The van der Waals surface area contributed by atoms with Crippen LogP contribution in [0.25, 0.3) is 0 Å². The molecule has 4 nitrogen and oxygen atoms in total. The number of nitrogens with one attached hydrogen (secondary N) is 1. The number of para-hydroxylation sites is 1. The second kappa shape index (κ2) is 7.05. The number of halogens is 1. The van der Waals surface area contributed by atoms with Crippen molar-refractivity contribution in [1.29, 1.82) is 0 Å². The van der Waals surface area contributed by atoms with Crippen molar-refractivity contribution in [2.75, 3.05) is 16.8 Å². The number of aryl methyl sites for hydroxylation is 2. The Morgan fingerprint density at radius 1 is 1.28 bits per heavy atom. The highest BCUT2D eigenvalue weighted by atomic mass is 19.1. The lowest BCUT2D eigenvalue weighted by atomic mass is 10.1. The Morgan fingerprint density at radius 2 is 2.04 bits per heavy atom. The Balaban J connectivity index is 1.73. The molecule has 2 aromatic rings. The number of anilines is 2. The topological polar surface area (TPSA) is 49.4 Å². The Morgan fingerprint density at radius 3 is 2.76 bits per heavy atom. The normalized spacial score (nSPS) is 17.0. The molecule has 1 aliphatic heterocycles. The van der Waals surface area contributed by atoms with Gasteiger partial charge in [-0.3, -0.25) is 9.59 Å². The van der Waals surface area contributed by atoms with Gasteiger partial charge in [-0.15, -0.1) is 0 Å². The largest absolute Gasteiger partial charge is 0.326 e. The quantitative estimate of drug-likeness (QED) is 0.923. The summed E-state index contributed by atoms with van der Waals surface area (Å²) in [5.74, 6) is -1.13. The summed E-state index contributed by atoms with van der Waals surface area (Å²) in [4.78, 5) is 26.3. The monoisotopic (exact) mass is 340 g/mol. The van der Waals surface area contributed by atoms with Gasteiger partial charge in [0.1, 0.15) is 5.82 Å². The van der Waals surface area contributed by atoms with Crippen molar-refractivity contribution in [3.05, 3.63) is 59.4 Å². The van der Waals surface area contributed by atoms with Gasteiger partial charge in [0.2, 0.25) is 11.8 Å². The van der Waals surface area contributed by atoms with E-state index in [9.17, 15) is 14.0 Å². The van der Waals surface area contributed by atoms with Gasteiger partial charge >= 0.3 is 0 Å². The van der Waals surface area contributed by atoms with Gasteiger partial charge < -0.3 is 10.2 Å². The van der Waals surface area contributed by atoms with E-state index in [1.165, 1.54) is 11.0 Å². The van der Waals surface area contributed by atoms with Crippen LogP contribution in [0.2, 0.25) is 0 Å². The van der Waals surface area contributed by atoms with Crippen molar-refractivity contribution in [3.8, 4) is 0 Å². The van der Waals surface area contributed by atoms with Gasteiger partial charge in [-0.2, -0.15) is 0 Å². The first-order chi connectivity index (χ1) is 12.0. The molecule has 0 aromatic heterocycles. The minimum Gasteiger partial charge on any atom is -0.326 e. The Bertz CT molecular complexity index is 819. The standard InChI is InChI=1S/C20H21FN2O2/c1-3-14-6-4-5-7-18(14)22-20(25)15-10-19(24)23(12-15)16-9-8-13(2)17(21)11-16/h4-9,11,15H,3,10,12H2,1-2H3,(H,22,25). The van der Waals surface area contributed by atoms with E-state index in [4.69, 9.17) is 0 Å². The molecule has 25 heavy (non-hydrogen) atoms. The molecular formula is C20H21FN2O2. The van der Waals surface area contributed by atoms with Crippen LogP contribution in [-0.2, 0) is 16.0 Å². The highest BCUT2D eigenvalue weighted by molar-refractivity contribution is 6.03. The predicted octanol–water partition coefficient (Wildman–Crippen LogP) is 3.69. The lowest BCUT2D eigenvalue weighted by molar-refractivity contribution is -0.122.